The molecule has 1 heterocycles. The molecule has 0 radical (unpaired) electrons. The van der Waals surface area contributed by atoms with E-state index in [-0.39, 0.29) is 24.4 Å². The number of hydrogen-bond donors (Lipinski definition) is 2. The van der Waals surface area contributed by atoms with Crippen molar-refractivity contribution in [3.05, 3.63) is 52.2 Å². The summed E-state index contributed by atoms with van der Waals surface area (Å²) in [5, 5.41) is 9.89. The summed E-state index contributed by atoms with van der Waals surface area (Å²) in [5.41, 5.74) is 2.68. The highest BCUT2D eigenvalue weighted by atomic mass is 32.1. The molecule has 2 rings (SSSR count). The SMILES string of the molecule is C[C@@H](Cc1ccsc1)NC(=O)Nc1ccccc1CC(=O)N(C)C. The molecule has 0 fully saturated rings. The van der Waals surface area contributed by atoms with Crippen LogP contribution in [-0.2, 0) is 17.6 Å². The van der Waals surface area contributed by atoms with Crippen molar-refractivity contribution in [3.8, 4) is 0 Å². The lowest BCUT2D eigenvalue weighted by molar-refractivity contribution is -0.127. The van der Waals surface area contributed by atoms with Crippen molar-refractivity contribution in [2.24, 2.45) is 0 Å². The summed E-state index contributed by atoms with van der Waals surface area (Å²) in [6.07, 6.45) is 1.05. The average molecular weight is 345 g/mol. The molecule has 128 valence electrons. The first-order chi connectivity index (χ1) is 11.5. The molecule has 2 N–H and O–H groups in total. The average Bonchev–Trinajstić information content (AvgIpc) is 3.01. The predicted molar refractivity (Wildman–Crippen MR) is 98.5 cm³/mol. The zero-order valence-corrected chi connectivity index (χ0v) is 15.0. The van der Waals surface area contributed by atoms with Gasteiger partial charge >= 0.3 is 6.03 Å². The van der Waals surface area contributed by atoms with E-state index in [1.54, 1.807) is 36.4 Å². The lowest BCUT2D eigenvalue weighted by Gasteiger charge is -2.16. The van der Waals surface area contributed by atoms with Crippen LogP contribution in [0.3, 0.4) is 0 Å². The molecule has 6 heteroatoms. The van der Waals surface area contributed by atoms with Crippen LogP contribution in [-0.4, -0.2) is 37.0 Å². The van der Waals surface area contributed by atoms with Gasteiger partial charge in [-0.2, -0.15) is 11.3 Å². The van der Waals surface area contributed by atoms with Crippen LogP contribution < -0.4 is 10.6 Å². The lowest BCUT2D eigenvalue weighted by atomic mass is 10.1. The number of nitrogens with zero attached hydrogens (tertiary/aromatic N) is 1. The van der Waals surface area contributed by atoms with Gasteiger partial charge in [-0.25, -0.2) is 4.79 Å². The van der Waals surface area contributed by atoms with Crippen molar-refractivity contribution in [1.29, 1.82) is 0 Å². The highest BCUT2D eigenvalue weighted by molar-refractivity contribution is 7.07. The van der Waals surface area contributed by atoms with Crippen molar-refractivity contribution in [3.63, 3.8) is 0 Å². The molecular formula is C18H23N3O2S. The van der Waals surface area contributed by atoms with Gasteiger partial charge in [0.25, 0.3) is 0 Å². The van der Waals surface area contributed by atoms with Crippen molar-refractivity contribution in [2.45, 2.75) is 25.8 Å². The van der Waals surface area contributed by atoms with Gasteiger partial charge in [0.1, 0.15) is 0 Å². The minimum Gasteiger partial charge on any atom is -0.349 e. The number of carbonyl (C=O) groups excluding carboxylic acids is 2. The normalized spacial score (nSPS) is 11.6. The first-order valence-electron chi connectivity index (χ1n) is 7.82. The Balaban J connectivity index is 1.94. The van der Waals surface area contributed by atoms with Crippen molar-refractivity contribution >= 4 is 29.0 Å². The maximum absolute atomic E-state index is 12.2. The third-order valence-electron chi connectivity index (χ3n) is 3.61. The monoisotopic (exact) mass is 345 g/mol. The lowest BCUT2D eigenvalue weighted by Crippen LogP contribution is -2.37. The molecule has 0 aliphatic carbocycles. The molecule has 3 amide bonds. The number of anilines is 1. The zero-order valence-electron chi connectivity index (χ0n) is 14.2. The first kappa shape index (κ1) is 18.0. The van der Waals surface area contributed by atoms with Crippen LogP contribution in [0, 0.1) is 0 Å². The minimum absolute atomic E-state index is 0.00418. The topological polar surface area (TPSA) is 61.4 Å². The minimum atomic E-state index is -0.262. The van der Waals surface area contributed by atoms with Gasteiger partial charge in [-0.05, 0) is 47.4 Å². The van der Waals surface area contributed by atoms with Gasteiger partial charge in [-0.1, -0.05) is 18.2 Å². The third-order valence-corrected chi connectivity index (χ3v) is 4.34. The molecule has 0 saturated heterocycles. The van der Waals surface area contributed by atoms with E-state index in [2.05, 4.69) is 22.1 Å². The van der Waals surface area contributed by atoms with E-state index in [1.165, 1.54) is 5.56 Å². The number of carbonyl (C=O) groups is 2. The van der Waals surface area contributed by atoms with E-state index in [1.807, 2.05) is 30.5 Å². The molecule has 24 heavy (non-hydrogen) atoms. The van der Waals surface area contributed by atoms with E-state index >= 15 is 0 Å². The van der Waals surface area contributed by atoms with Crippen LogP contribution in [0.4, 0.5) is 10.5 Å². The molecular weight excluding hydrogens is 322 g/mol. The fourth-order valence-corrected chi connectivity index (χ4v) is 2.99. The summed E-state index contributed by atoms with van der Waals surface area (Å²) >= 11 is 1.65. The van der Waals surface area contributed by atoms with E-state index in [4.69, 9.17) is 0 Å². The van der Waals surface area contributed by atoms with Crippen LogP contribution in [0.25, 0.3) is 0 Å². The Hall–Kier alpha value is -2.34. The summed E-state index contributed by atoms with van der Waals surface area (Å²) < 4.78 is 0. The number of benzene rings is 1. The number of urea groups is 1. The van der Waals surface area contributed by atoms with Gasteiger partial charge in [0.15, 0.2) is 0 Å². The Morgan fingerprint density at radius 3 is 2.62 bits per heavy atom. The second-order valence-electron chi connectivity index (χ2n) is 5.96. The fourth-order valence-electron chi connectivity index (χ4n) is 2.31. The first-order valence-corrected chi connectivity index (χ1v) is 8.76. The van der Waals surface area contributed by atoms with Crippen LogP contribution in [0.5, 0.6) is 0 Å². The van der Waals surface area contributed by atoms with Crippen LogP contribution in [0.2, 0.25) is 0 Å². The molecule has 1 aromatic carbocycles. The van der Waals surface area contributed by atoms with Gasteiger partial charge in [-0.15, -0.1) is 0 Å². The number of amides is 3. The molecule has 0 bridgehead atoms. The number of hydrogen-bond acceptors (Lipinski definition) is 3. The molecule has 0 aliphatic rings. The van der Waals surface area contributed by atoms with E-state index in [0.29, 0.717) is 5.69 Å². The highest BCUT2D eigenvalue weighted by Crippen LogP contribution is 2.16. The Morgan fingerprint density at radius 2 is 1.96 bits per heavy atom. The number of likely N-dealkylation sites (N-methyl/N-ethyl adjacent to an activating group) is 1. The number of para-hydroxylation sites is 1. The predicted octanol–water partition coefficient (Wildman–Crippen LogP) is 3.13. The van der Waals surface area contributed by atoms with E-state index in [0.717, 1.165) is 12.0 Å². The highest BCUT2D eigenvalue weighted by Gasteiger charge is 2.13. The Morgan fingerprint density at radius 1 is 1.21 bits per heavy atom. The molecule has 0 saturated carbocycles. The number of rotatable bonds is 6. The van der Waals surface area contributed by atoms with Gasteiger partial charge in [0.05, 0.1) is 6.42 Å². The fraction of sp³-hybridized carbons (Fsp3) is 0.333. The van der Waals surface area contributed by atoms with Gasteiger partial charge in [-0.3, -0.25) is 4.79 Å². The molecule has 0 spiro atoms. The molecule has 0 aliphatic heterocycles. The van der Waals surface area contributed by atoms with Gasteiger partial charge in [0.2, 0.25) is 5.91 Å². The zero-order chi connectivity index (χ0) is 17.5. The second kappa shape index (κ2) is 8.49. The summed E-state index contributed by atoms with van der Waals surface area (Å²) in [6, 6.07) is 9.18. The van der Waals surface area contributed by atoms with Crippen LogP contribution in [0.15, 0.2) is 41.1 Å². The third kappa shape index (κ3) is 5.38. The number of nitrogens with one attached hydrogen (secondary N) is 2. The summed E-state index contributed by atoms with van der Waals surface area (Å²) in [4.78, 5) is 25.7. The Bertz CT molecular complexity index is 683. The molecule has 1 atom stereocenters. The van der Waals surface area contributed by atoms with E-state index < -0.39 is 0 Å². The van der Waals surface area contributed by atoms with Crippen molar-refractivity contribution in [1.82, 2.24) is 10.2 Å². The maximum Gasteiger partial charge on any atom is 0.319 e. The number of thiophene rings is 1. The molecule has 5 nitrogen and oxygen atoms in total. The molecule has 0 unspecified atom stereocenters. The Kier molecular flexibility index (Phi) is 6.37. The van der Waals surface area contributed by atoms with Gasteiger partial charge < -0.3 is 15.5 Å². The van der Waals surface area contributed by atoms with Gasteiger partial charge in [0, 0.05) is 25.8 Å². The van der Waals surface area contributed by atoms with E-state index in [9.17, 15) is 9.59 Å². The molecule has 1 aromatic heterocycles. The standard InChI is InChI=1S/C18H23N3O2S/c1-13(10-14-8-9-24-12-14)19-18(23)20-16-7-5-4-6-15(16)11-17(22)21(2)3/h4-9,12-13H,10-11H2,1-3H3,(H2,19,20,23)/t13-/m0/s1. The summed E-state index contributed by atoms with van der Waals surface area (Å²) in [5.74, 6) is -0.00418. The van der Waals surface area contributed by atoms with Crippen LogP contribution >= 0.6 is 11.3 Å². The largest absolute Gasteiger partial charge is 0.349 e. The van der Waals surface area contributed by atoms with Crippen LogP contribution in [0.1, 0.15) is 18.1 Å². The quantitative estimate of drug-likeness (QED) is 0.845. The van der Waals surface area contributed by atoms with Crippen molar-refractivity contribution in [2.75, 3.05) is 19.4 Å². The Labute approximate surface area is 146 Å². The van der Waals surface area contributed by atoms with Crippen molar-refractivity contribution < 1.29 is 9.59 Å². The summed E-state index contributed by atoms with van der Waals surface area (Å²) in [7, 11) is 3.44. The second-order valence-corrected chi connectivity index (χ2v) is 6.74. The summed E-state index contributed by atoms with van der Waals surface area (Å²) in [6.45, 7) is 1.97. The molecule has 2 aromatic rings. The maximum atomic E-state index is 12.2. The smallest absolute Gasteiger partial charge is 0.319 e.